The Kier molecular flexibility index (Phi) is 2.63. The number of pyridine rings is 1. The summed E-state index contributed by atoms with van der Waals surface area (Å²) in [4.78, 5) is 4.36. The van der Waals surface area contributed by atoms with Gasteiger partial charge in [0.05, 0.1) is 12.1 Å². The monoisotopic (exact) mass is 244 g/mol. The SMILES string of the molecule is COCC1(n2c(C)nnc2-c2ccccn2)CC1. The van der Waals surface area contributed by atoms with Crippen molar-refractivity contribution in [2.24, 2.45) is 0 Å². The molecule has 1 fully saturated rings. The van der Waals surface area contributed by atoms with Gasteiger partial charge in [-0.05, 0) is 31.9 Å². The van der Waals surface area contributed by atoms with E-state index in [4.69, 9.17) is 4.74 Å². The number of hydrogen-bond acceptors (Lipinski definition) is 4. The molecule has 0 amide bonds. The van der Waals surface area contributed by atoms with E-state index in [1.165, 1.54) is 0 Å². The van der Waals surface area contributed by atoms with Gasteiger partial charge in [-0.2, -0.15) is 0 Å². The van der Waals surface area contributed by atoms with Crippen LogP contribution in [0.4, 0.5) is 0 Å². The second kappa shape index (κ2) is 4.17. The fraction of sp³-hybridized carbons (Fsp3) is 0.462. The van der Waals surface area contributed by atoms with Gasteiger partial charge in [-0.1, -0.05) is 6.07 Å². The van der Waals surface area contributed by atoms with E-state index in [9.17, 15) is 0 Å². The minimum Gasteiger partial charge on any atom is -0.382 e. The highest BCUT2D eigenvalue weighted by Gasteiger charge is 2.47. The van der Waals surface area contributed by atoms with Crippen molar-refractivity contribution in [3.05, 3.63) is 30.2 Å². The van der Waals surface area contributed by atoms with E-state index >= 15 is 0 Å². The summed E-state index contributed by atoms with van der Waals surface area (Å²) in [7, 11) is 1.74. The molecule has 0 N–H and O–H groups in total. The summed E-state index contributed by atoms with van der Waals surface area (Å²) in [5.74, 6) is 1.76. The number of ether oxygens (including phenoxy) is 1. The van der Waals surface area contributed by atoms with Gasteiger partial charge >= 0.3 is 0 Å². The maximum Gasteiger partial charge on any atom is 0.183 e. The molecule has 18 heavy (non-hydrogen) atoms. The van der Waals surface area contributed by atoms with Crippen molar-refractivity contribution in [2.45, 2.75) is 25.3 Å². The van der Waals surface area contributed by atoms with Gasteiger partial charge in [0.25, 0.3) is 0 Å². The zero-order valence-electron chi connectivity index (χ0n) is 10.6. The molecule has 0 saturated heterocycles. The lowest BCUT2D eigenvalue weighted by atomic mass is 10.2. The van der Waals surface area contributed by atoms with Gasteiger partial charge in [-0.3, -0.25) is 4.98 Å². The van der Waals surface area contributed by atoms with Crippen molar-refractivity contribution < 1.29 is 4.74 Å². The van der Waals surface area contributed by atoms with E-state index in [0.29, 0.717) is 6.61 Å². The molecule has 0 unspecified atom stereocenters. The van der Waals surface area contributed by atoms with Gasteiger partial charge < -0.3 is 9.30 Å². The predicted octanol–water partition coefficient (Wildman–Crippen LogP) is 1.78. The lowest BCUT2D eigenvalue weighted by molar-refractivity contribution is 0.143. The summed E-state index contributed by atoms with van der Waals surface area (Å²) < 4.78 is 7.52. The van der Waals surface area contributed by atoms with E-state index in [0.717, 1.165) is 30.2 Å². The summed E-state index contributed by atoms with van der Waals surface area (Å²) in [5.41, 5.74) is 0.898. The highest BCUT2D eigenvalue weighted by atomic mass is 16.5. The highest BCUT2D eigenvalue weighted by Crippen LogP contribution is 2.46. The maximum absolute atomic E-state index is 5.34. The van der Waals surface area contributed by atoms with Crippen LogP contribution in [-0.2, 0) is 10.3 Å². The Hall–Kier alpha value is -1.75. The van der Waals surface area contributed by atoms with E-state index < -0.39 is 0 Å². The lowest BCUT2D eigenvalue weighted by Crippen LogP contribution is -2.25. The molecule has 2 aromatic heterocycles. The number of hydrogen-bond donors (Lipinski definition) is 0. The highest BCUT2D eigenvalue weighted by molar-refractivity contribution is 5.50. The molecule has 1 aliphatic carbocycles. The van der Waals surface area contributed by atoms with Crippen LogP contribution in [0.5, 0.6) is 0 Å². The molecular formula is C13H16N4O. The molecule has 2 heterocycles. The first-order valence-electron chi connectivity index (χ1n) is 6.10. The van der Waals surface area contributed by atoms with Crippen LogP contribution >= 0.6 is 0 Å². The molecule has 0 bridgehead atoms. The normalized spacial score (nSPS) is 16.8. The average molecular weight is 244 g/mol. The molecule has 0 radical (unpaired) electrons. The molecule has 2 aromatic rings. The molecule has 0 spiro atoms. The number of nitrogens with zero attached hydrogens (tertiary/aromatic N) is 4. The Labute approximate surface area is 106 Å². The standard InChI is InChI=1S/C13H16N4O/c1-10-15-16-12(11-5-3-4-8-14-11)17(10)13(6-7-13)9-18-2/h3-5,8H,6-7,9H2,1-2H3. The number of aromatic nitrogens is 4. The van der Waals surface area contributed by atoms with Gasteiger partial charge in [0.1, 0.15) is 11.5 Å². The lowest BCUT2D eigenvalue weighted by Gasteiger charge is -2.19. The minimum absolute atomic E-state index is 0.0369. The summed E-state index contributed by atoms with van der Waals surface area (Å²) in [6.45, 7) is 2.68. The third-order valence-electron chi connectivity index (χ3n) is 3.43. The quantitative estimate of drug-likeness (QED) is 0.822. The summed E-state index contributed by atoms with van der Waals surface area (Å²) >= 11 is 0. The Morgan fingerprint density at radius 2 is 2.17 bits per heavy atom. The molecule has 1 saturated carbocycles. The van der Waals surface area contributed by atoms with Gasteiger partial charge in [-0.25, -0.2) is 0 Å². The van der Waals surface area contributed by atoms with Crippen molar-refractivity contribution >= 4 is 0 Å². The number of aryl methyl sites for hydroxylation is 1. The van der Waals surface area contributed by atoms with Crippen molar-refractivity contribution in [3.63, 3.8) is 0 Å². The Morgan fingerprint density at radius 1 is 1.33 bits per heavy atom. The molecule has 0 aliphatic heterocycles. The predicted molar refractivity (Wildman–Crippen MR) is 67.1 cm³/mol. The first kappa shape index (κ1) is 11.3. The fourth-order valence-corrected chi connectivity index (χ4v) is 2.44. The van der Waals surface area contributed by atoms with E-state index in [1.807, 2.05) is 25.1 Å². The zero-order valence-corrected chi connectivity index (χ0v) is 10.6. The maximum atomic E-state index is 5.34. The summed E-state index contributed by atoms with van der Waals surface area (Å²) in [6.07, 6.45) is 4.00. The molecule has 1 aliphatic rings. The van der Waals surface area contributed by atoms with Crippen LogP contribution in [0.2, 0.25) is 0 Å². The Morgan fingerprint density at radius 3 is 2.78 bits per heavy atom. The van der Waals surface area contributed by atoms with Crippen LogP contribution in [0.25, 0.3) is 11.5 Å². The van der Waals surface area contributed by atoms with Crippen molar-refractivity contribution in [1.82, 2.24) is 19.7 Å². The Bertz CT molecular complexity index is 545. The molecular weight excluding hydrogens is 228 g/mol. The molecule has 5 nitrogen and oxygen atoms in total. The minimum atomic E-state index is 0.0369. The topological polar surface area (TPSA) is 52.8 Å². The summed E-state index contributed by atoms with van der Waals surface area (Å²) in [6, 6.07) is 5.83. The van der Waals surface area contributed by atoms with Crippen LogP contribution in [0.1, 0.15) is 18.7 Å². The Balaban J connectivity index is 2.08. The van der Waals surface area contributed by atoms with Crippen LogP contribution in [0.3, 0.4) is 0 Å². The van der Waals surface area contributed by atoms with Gasteiger partial charge in [0.15, 0.2) is 5.82 Å². The molecule has 0 aromatic carbocycles. The average Bonchev–Trinajstić information content (AvgIpc) is 3.05. The molecule has 94 valence electrons. The number of rotatable bonds is 4. The van der Waals surface area contributed by atoms with Crippen LogP contribution in [-0.4, -0.2) is 33.5 Å². The van der Waals surface area contributed by atoms with Crippen molar-refractivity contribution in [1.29, 1.82) is 0 Å². The molecule has 3 rings (SSSR count). The van der Waals surface area contributed by atoms with Gasteiger partial charge in [0, 0.05) is 13.3 Å². The third kappa shape index (κ3) is 1.71. The first-order valence-corrected chi connectivity index (χ1v) is 6.10. The van der Waals surface area contributed by atoms with Crippen molar-refractivity contribution in [3.8, 4) is 11.5 Å². The second-order valence-corrected chi connectivity index (χ2v) is 4.78. The van der Waals surface area contributed by atoms with E-state index in [2.05, 4.69) is 19.7 Å². The molecule has 0 atom stereocenters. The van der Waals surface area contributed by atoms with Gasteiger partial charge in [-0.15, -0.1) is 10.2 Å². The van der Waals surface area contributed by atoms with Gasteiger partial charge in [0.2, 0.25) is 0 Å². The first-order chi connectivity index (χ1) is 8.77. The van der Waals surface area contributed by atoms with E-state index in [1.54, 1.807) is 13.3 Å². The smallest absolute Gasteiger partial charge is 0.183 e. The third-order valence-corrected chi connectivity index (χ3v) is 3.43. The fourth-order valence-electron chi connectivity index (χ4n) is 2.44. The molecule has 5 heteroatoms. The number of methoxy groups -OCH3 is 1. The van der Waals surface area contributed by atoms with E-state index in [-0.39, 0.29) is 5.54 Å². The largest absolute Gasteiger partial charge is 0.382 e. The van der Waals surface area contributed by atoms with Crippen LogP contribution in [0.15, 0.2) is 24.4 Å². The zero-order chi connectivity index (χ0) is 12.6. The van der Waals surface area contributed by atoms with Crippen LogP contribution < -0.4 is 0 Å². The van der Waals surface area contributed by atoms with Crippen molar-refractivity contribution in [2.75, 3.05) is 13.7 Å². The van der Waals surface area contributed by atoms with Crippen LogP contribution in [0, 0.1) is 6.92 Å². The summed E-state index contributed by atoms with van der Waals surface area (Å²) in [5, 5.41) is 8.47. The second-order valence-electron chi connectivity index (χ2n) is 4.78.